The molecule has 7 heteroatoms. The van der Waals surface area contributed by atoms with E-state index in [0.29, 0.717) is 32.4 Å². The maximum Gasteiger partial charge on any atom is 0.303 e. The summed E-state index contributed by atoms with van der Waals surface area (Å²) in [7, 11) is 0. The number of aliphatic carboxylic acids is 1. The quantitative estimate of drug-likeness (QED) is 0.745. The summed E-state index contributed by atoms with van der Waals surface area (Å²) in [6.07, 6.45) is 0.456. The Morgan fingerprint density at radius 3 is 2.42 bits per heavy atom. The van der Waals surface area contributed by atoms with Gasteiger partial charge < -0.3 is 20.4 Å². The van der Waals surface area contributed by atoms with Crippen LogP contribution in [0.2, 0.25) is 0 Å². The van der Waals surface area contributed by atoms with Crippen LogP contribution in [0, 0.1) is 5.41 Å². The lowest BCUT2D eigenvalue weighted by atomic mass is 9.69. The van der Waals surface area contributed by atoms with Crippen LogP contribution >= 0.6 is 0 Å². The van der Waals surface area contributed by atoms with Crippen molar-refractivity contribution in [1.82, 2.24) is 10.2 Å². The van der Waals surface area contributed by atoms with E-state index in [0.717, 1.165) is 5.56 Å². The van der Waals surface area contributed by atoms with Crippen LogP contribution in [0.25, 0.3) is 0 Å². The van der Waals surface area contributed by atoms with Crippen molar-refractivity contribution in [2.75, 3.05) is 13.1 Å². The number of carboxylic acid groups (broad SMARTS) is 1. The van der Waals surface area contributed by atoms with Crippen LogP contribution in [0.15, 0.2) is 30.3 Å². The molecule has 1 aromatic carbocycles. The molecule has 0 unspecified atom stereocenters. The molecule has 0 aliphatic carbocycles. The second-order valence-corrected chi connectivity index (χ2v) is 7.19. The van der Waals surface area contributed by atoms with Crippen LogP contribution in [0.3, 0.4) is 0 Å². The van der Waals surface area contributed by atoms with E-state index in [9.17, 15) is 19.5 Å². The first-order valence-electron chi connectivity index (χ1n) is 8.95. The standard InChI is InChI=1S/C19H24N2O5/c22-14-12-19(18(26)20-17(14)13-4-2-1-3-5-13)8-10-21(11-9-19)15(23)6-7-16(24)25/h1-5,14,17,22H,6-12H2,(H,20,26)(H,24,25)/t14-,17+/m1/s1. The van der Waals surface area contributed by atoms with Crippen LogP contribution in [0.4, 0.5) is 0 Å². The molecular weight excluding hydrogens is 336 g/mol. The number of amides is 2. The molecule has 2 fully saturated rings. The van der Waals surface area contributed by atoms with E-state index in [1.54, 1.807) is 4.90 Å². The SMILES string of the molecule is O=C(O)CCC(=O)N1CCC2(CC1)C[C@@H](O)[C@H](c1ccccc1)NC2=O. The first-order chi connectivity index (χ1) is 12.4. The topological polar surface area (TPSA) is 107 Å². The van der Waals surface area contributed by atoms with E-state index in [1.165, 1.54) is 0 Å². The largest absolute Gasteiger partial charge is 0.481 e. The summed E-state index contributed by atoms with van der Waals surface area (Å²) in [6, 6.07) is 8.99. The molecule has 2 atom stereocenters. The van der Waals surface area contributed by atoms with Crippen LogP contribution in [-0.2, 0) is 14.4 Å². The minimum Gasteiger partial charge on any atom is -0.481 e. The highest BCUT2D eigenvalue weighted by atomic mass is 16.4. The first kappa shape index (κ1) is 18.4. The normalized spacial score (nSPS) is 25.0. The Morgan fingerprint density at radius 2 is 1.81 bits per heavy atom. The molecule has 1 aromatic rings. The van der Waals surface area contributed by atoms with Crippen molar-refractivity contribution in [2.45, 2.75) is 44.2 Å². The second kappa shape index (κ2) is 7.45. The smallest absolute Gasteiger partial charge is 0.303 e. The number of hydrogen-bond donors (Lipinski definition) is 3. The van der Waals surface area contributed by atoms with Crippen molar-refractivity contribution < 1.29 is 24.6 Å². The maximum absolute atomic E-state index is 12.8. The molecule has 2 amide bonds. The highest BCUT2D eigenvalue weighted by molar-refractivity contribution is 5.85. The van der Waals surface area contributed by atoms with Gasteiger partial charge in [-0.25, -0.2) is 0 Å². The zero-order valence-corrected chi connectivity index (χ0v) is 14.6. The van der Waals surface area contributed by atoms with E-state index >= 15 is 0 Å². The van der Waals surface area contributed by atoms with Gasteiger partial charge in [0.25, 0.3) is 0 Å². The number of nitrogens with one attached hydrogen (secondary N) is 1. The number of hydrogen-bond acceptors (Lipinski definition) is 4. The van der Waals surface area contributed by atoms with Crippen LogP contribution in [0.1, 0.15) is 43.7 Å². The lowest BCUT2D eigenvalue weighted by Crippen LogP contribution is -2.57. The second-order valence-electron chi connectivity index (χ2n) is 7.19. The number of carboxylic acids is 1. The van der Waals surface area contributed by atoms with Gasteiger partial charge in [-0.05, 0) is 24.8 Å². The van der Waals surface area contributed by atoms with Crippen molar-refractivity contribution in [3.05, 3.63) is 35.9 Å². The predicted molar refractivity (Wildman–Crippen MR) is 93.1 cm³/mol. The third-order valence-electron chi connectivity index (χ3n) is 5.54. The number of aliphatic hydroxyl groups is 1. The number of piperidine rings is 2. The van der Waals surface area contributed by atoms with E-state index < -0.39 is 23.5 Å². The fourth-order valence-corrected chi connectivity index (χ4v) is 3.95. The van der Waals surface area contributed by atoms with Gasteiger partial charge in [-0.2, -0.15) is 0 Å². The molecule has 7 nitrogen and oxygen atoms in total. The van der Waals surface area contributed by atoms with Crippen LogP contribution < -0.4 is 5.32 Å². The molecular formula is C19H24N2O5. The van der Waals surface area contributed by atoms with Crippen molar-refractivity contribution in [3.63, 3.8) is 0 Å². The van der Waals surface area contributed by atoms with Crippen LogP contribution in [0.5, 0.6) is 0 Å². The van der Waals surface area contributed by atoms with E-state index in [1.807, 2.05) is 30.3 Å². The Balaban J connectivity index is 1.62. The molecule has 3 rings (SSSR count). The summed E-state index contributed by atoms with van der Waals surface area (Å²) in [6.45, 7) is 0.823. The van der Waals surface area contributed by atoms with Gasteiger partial charge >= 0.3 is 5.97 Å². The van der Waals surface area contributed by atoms with Gasteiger partial charge in [0.15, 0.2) is 0 Å². The maximum atomic E-state index is 12.8. The molecule has 0 saturated carbocycles. The summed E-state index contributed by atoms with van der Waals surface area (Å²) in [4.78, 5) is 37.1. The highest BCUT2D eigenvalue weighted by Gasteiger charge is 2.49. The molecule has 2 aliphatic rings. The predicted octanol–water partition coefficient (Wildman–Crippen LogP) is 1.08. The molecule has 0 radical (unpaired) electrons. The van der Waals surface area contributed by atoms with Gasteiger partial charge in [0.2, 0.25) is 11.8 Å². The molecule has 26 heavy (non-hydrogen) atoms. The fourth-order valence-electron chi connectivity index (χ4n) is 3.95. The van der Waals surface area contributed by atoms with Crippen molar-refractivity contribution >= 4 is 17.8 Å². The van der Waals surface area contributed by atoms with Gasteiger partial charge in [0, 0.05) is 19.5 Å². The number of carbonyl (C=O) groups excluding carboxylic acids is 2. The van der Waals surface area contributed by atoms with Crippen molar-refractivity contribution in [3.8, 4) is 0 Å². The van der Waals surface area contributed by atoms with Crippen molar-refractivity contribution in [1.29, 1.82) is 0 Å². The average molecular weight is 360 g/mol. The molecule has 2 aliphatic heterocycles. The Kier molecular flexibility index (Phi) is 5.27. The number of carbonyl (C=O) groups is 3. The number of nitrogens with zero attached hydrogens (tertiary/aromatic N) is 1. The van der Waals surface area contributed by atoms with Gasteiger partial charge in [-0.15, -0.1) is 0 Å². The molecule has 2 saturated heterocycles. The third-order valence-corrected chi connectivity index (χ3v) is 5.54. The lowest BCUT2D eigenvalue weighted by molar-refractivity contribution is -0.149. The fraction of sp³-hybridized carbons (Fsp3) is 0.526. The van der Waals surface area contributed by atoms with E-state index in [-0.39, 0.29) is 24.7 Å². The number of likely N-dealkylation sites (tertiary alicyclic amines) is 1. The van der Waals surface area contributed by atoms with Gasteiger partial charge in [-0.3, -0.25) is 14.4 Å². The van der Waals surface area contributed by atoms with E-state index in [2.05, 4.69) is 5.32 Å². The number of benzene rings is 1. The van der Waals surface area contributed by atoms with E-state index in [4.69, 9.17) is 5.11 Å². The number of aliphatic hydroxyl groups excluding tert-OH is 1. The molecule has 0 bridgehead atoms. The zero-order valence-electron chi connectivity index (χ0n) is 14.6. The summed E-state index contributed by atoms with van der Waals surface area (Å²) in [5.41, 5.74) is 0.221. The molecule has 0 aromatic heterocycles. The first-order valence-corrected chi connectivity index (χ1v) is 8.95. The minimum absolute atomic E-state index is 0.0206. The highest BCUT2D eigenvalue weighted by Crippen LogP contribution is 2.42. The zero-order chi connectivity index (χ0) is 18.7. The van der Waals surface area contributed by atoms with Gasteiger partial charge in [-0.1, -0.05) is 30.3 Å². The lowest BCUT2D eigenvalue weighted by Gasteiger charge is -2.46. The Morgan fingerprint density at radius 1 is 1.15 bits per heavy atom. The number of rotatable bonds is 4. The summed E-state index contributed by atoms with van der Waals surface area (Å²) >= 11 is 0. The molecule has 3 N–H and O–H groups in total. The Hall–Kier alpha value is -2.41. The summed E-state index contributed by atoms with van der Waals surface area (Å²) in [5.74, 6) is -1.26. The molecule has 2 heterocycles. The van der Waals surface area contributed by atoms with Crippen molar-refractivity contribution in [2.24, 2.45) is 5.41 Å². The summed E-state index contributed by atoms with van der Waals surface area (Å²) in [5, 5.41) is 22.3. The average Bonchev–Trinajstić information content (AvgIpc) is 2.64. The van der Waals surface area contributed by atoms with Crippen LogP contribution in [-0.4, -0.2) is 52.1 Å². The Bertz CT molecular complexity index is 682. The molecule has 140 valence electrons. The third kappa shape index (κ3) is 3.72. The molecule has 1 spiro atoms. The van der Waals surface area contributed by atoms with Gasteiger partial charge in [0.1, 0.15) is 0 Å². The summed E-state index contributed by atoms with van der Waals surface area (Å²) < 4.78 is 0. The monoisotopic (exact) mass is 360 g/mol. The Labute approximate surface area is 152 Å². The van der Waals surface area contributed by atoms with Gasteiger partial charge in [0.05, 0.1) is 24.0 Å². The minimum atomic E-state index is -0.992.